The average molecular weight is 843 g/mol. The fraction of sp³-hybridized carbons (Fsp3) is 0.511. The summed E-state index contributed by atoms with van der Waals surface area (Å²) in [5.74, 6) is 1.55. The van der Waals surface area contributed by atoms with E-state index in [4.69, 9.17) is 24.2 Å². The van der Waals surface area contributed by atoms with Crippen molar-refractivity contribution in [2.45, 2.75) is 104 Å². The Kier molecular flexibility index (Phi) is 15.5. The van der Waals surface area contributed by atoms with Crippen LogP contribution in [0.4, 0.5) is 5.69 Å². The second-order valence-corrected chi connectivity index (χ2v) is 18.7. The number of rotatable bonds is 22. The maximum atomic E-state index is 11.3. The van der Waals surface area contributed by atoms with Crippen LogP contribution in [-0.4, -0.2) is 69.3 Å². The molecule has 4 aliphatic rings. The lowest BCUT2D eigenvalue weighted by atomic mass is 9.56. The predicted molar refractivity (Wildman–Crippen MR) is 235 cm³/mol. The molecule has 0 saturated heterocycles. The van der Waals surface area contributed by atoms with Gasteiger partial charge in [-0.2, -0.15) is 0 Å². The molecule has 2 N–H and O–H groups in total. The van der Waals surface area contributed by atoms with Crippen molar-refractivity contribution in [2.75, 3.05) is 32.2 Å². The summed E-state index contributed by atoms with van der Waals surface area (Å²) in [5.41, 5.74) is 3.89. The Balaban J connectivity index is 1.30. The van der Waals surface area contributed by atoms with E-state index < -0.39 is 10.7 Å². The predicted octanol–water partition coefficient (Wildman–Crippen LogP) is 10.3. The van der Waals surface area contributed by atoms with Crippen molar-refractivity contribution < 1.29 is 34.2 Å². The minimum Gasteiger partial charge on any atom is -0.493 e. The maximum absolute atomic E-state index is 11.3. The van der Waals surface area contributed by atoms with Gasteiger partial charge in [0.1, 0.15) is 18.1 Å². The van der Waals surface area contributed by atoms with E-state index in [-0.39, 0.29) is 54.4 Å². The topological polar surface area (TPSA) is 133 Å². The largest absolute Gasteiger partial charge is 0.493 e. The first kappa shape index (κ1) is 43.3. The van der Waals surface area contributed by atoms with Gasteiger partial charge in [0.25, 0.3) is 5.69 Å². The number of nitrogens with zero attached hydrogens (tertiary/aromatic N) is 2. The van der Waals surface area contributed by atoms with E-state index in [0.29, 0.717) is 24.9 Å². The summed E-state index contributed by atoms with van der Waals surface area (Å²) in [6, 6.07) is 23.0. The lowest BCUT2D eigenvalue weighted by molar-refractivity contribution is -0.384. The van der Waals surface area contributed by atoms with Gasteiger partial charge >= 0.3 is 0 Å². The van der Waals surface area contributed by atoms with Crippen LogP contribution in [0.1, 0.15) is 87.7 Å². The molecule has 10 nitrogen and oxygen atoms in total. The van der Waals surface area contributed by atoms with Gasteiger partial charge < -0.3 is 29.3 Å². The molecular formula is C47H58N2O8S2. The number of oxime groups is 1. The minimum atomic E-state index is -1.01. The Hall–Kier alpha value is -3.81. The van der Waals surface area contributed by atoms with Gasteiger partial charge in [0.15, 0.2) is 0 Å². The summed E-state index contributed by atoms with van der Waals surface area (Å²) >= 11 is 3.74. The summed E-state index contributed by atoms with van der Waals surface area (Å²) in [4.78, 5) is 18.3. The number of nitro groups is 1. The van der Waals surface area contributed by atoms with Gasteiger partial charge in [0, 0.05) is 59.1 Å². The molecule has 0 radical (unpaired) electrons. The molecule has 2 saturated carbocycles. The molecule has 0 spiro atoms. The molecule has 2 fully saturated rings. The number of non-ortho nitro benzene ring substituents is 1. The molecule has 12 heteroatoms. The van der Waals surface area contributed by atoms with Crippen molar-refractivity contribution in [3.05, 3.63) is 118 Å². The number of hydrogen-bond donors (Lipinski definition) is 2. The van der Waals surface area contributed by atoms with E-state index >= 15 is 0 Å². The van der Waals surface area contributed by atoms with Gasteiger partial charge in [-0.05, 0) is 104 Å². The van der Waals surface area contributed by atoms with Gasteiger partial charge in [-0.3, -0.25) is 10.1 Å². The zero-order valence-corrected chi connectivity index (χ0v) is 35.5. The van der Waals surface area contributed by atoms with Crippen LogP contribution < -0.4 is 9.47 Å². The Labute approximate surface area is 357 Å². The third-order valence-corrected chi connectivity index (χ3v) is 14.9. The highest BCUT2D eigenvalue weighted by molar-refractivity contribution is 8.00. The Bertz CT molecular complexity index is 1900. The minimum absolute atomic E-state index is 0.0181. The van der Waals surface area contributed by atoms with E-state index in [2.05, 4.69) is 49.1 Å². The summed E-state index contributed by atoms with van der Waals surface area (Å²) in [5, 5.41) is 36.4. The fourth-order valence-electron chi connectivity index (χ4n) is 9.52. The smallest absolute Gasteiger partial charge is 0.269 e. The van der Waals surface area contributed by atoms with Crippen LogP contribution in [-0.2, 0) is 16.2 Å². The number of benzene rings is 3. The van der Waals surface area contributed by atoms with Gasteiger partial charge in [-0.15, -0.1) is 30.1 Å². The number of fused-ring (bicyclic) bond motifs is 2. The molecule has 59 heavy (non-hydrogen) atoms. The van der Waals surface area contributed by atoms with Crippen LogP contribution in [0.15, 0.2) is 107 Å². The molecule has 7 rings (SSSR count). The number of ether oxygens (including phenoxy) is 3. The van der Waals surface area contributed by atoms with E-state index in [9.17, 15) is 20.3 Å². The molecule has 6 atom stereocenters. The number of unbranched alkanes of at least 4 members (excludes halogenated alkanes) is 2. The third-order valence-electron chi connectivity index (χ3n) is 12.2. The number of nitro benzene ring substituents is 1. The lowest BCUT2D eigenvalue weighted by Gasteiger charge is -2.58. The molecule has 1 heterocycles. The monoisotopic (exact) mass is 842 g/mol. The van der Waals surface area contributed by atoms with Crippen LogP contribution in [0, 0.1) is 27.9 Å². The van der Waals surface area contributed by atoms with Gasteiger partial charge in [0.2, 0.25) is 5.79 Å². The van der Waals surface area contributed by atoms with Crippen molar-refractivity contribution in [3.63, 3.8) is 0 Å². The van der Waals surface area contributed by atoms with Crippen LogP contribution in [0.3, 0.4) is 0 Å². The Morgan fingerprint density at radius 3 is 2.47 bits per heavy atom. The molecular weight excluding hydrogens is 785 g/mol. The average Bonchev–Trinajstić information content (AvgIpc) is 3.77. The quantitative estimate of drug-likeness (QED) is 0.0331. The van der Waals surface area contributed by atoms with Crippen molar-refractivity contribution >= 4 is 34.9 Å². The highest BCUT2D eigenvalue weighted by Gasteiger charge is 2.64. The van der Waals surface area contributed by atoms with Crippen molar-refractivity contribution in [1.82, 2.24) is 0 Å². The fourth-order valence-corrected chi connectivity index (χ4v) is 12.1. The first-order valence-electron chi connectivity index (χ1n) is 21.3. The van der Waals surface area contributed by atoms with Gasteiger partial charge in [-0.25, -0.2) is 0 Å². The van der Waals surface area contributed by atoms with Crippen LogP contribution >= 0.6 is 23.5 Å². The van der Waals surface area contributed by atoms with Crippen molar-refractivity contribution in [1.29, 1.82) is 0 Å². The first-order chi connectivity index (χ1) is 28.9. The van der Waals surface area contributed by atoms with Crippen LogP contribution in [0.2, 0.25) is 0 Å². The van der Waals surface area contributed by atoms with E-state index in [1.165, 1.54) is 29.9 Å². The van der Waals surface area contributed by atoms with Crippen LogP contribution in [0.5, 0.6) is 11.5 Å². The maximum Gasteiger partial charge on any atom is 0.269 e. The number of hydrogen-bond acceptors (Lipinski definition) is 11. The molecule has 3 aliphatic carbocycles. The third kappa shape index (κ3) is 10.4. The van der Waals surface area contributed by atoms with Crippen molar-refractivity contribution in [3.8, 4) is 11.5 Å². The first-order valence-corrected chi connectivity index (χ1v) is 23.3. The van der Waals surface area contributed by atoms with Gasteiger partial charge in [0.05, 0.1) is 35.0 Å². The highest BCUT2D eigenvalue weighted by Crippen LogP contribution is 2.63. The highest BCUT2D eigenvalue weighted by atomic mass is 32.2. The molecule has 316 valence electrons. The molecule has 0 unspecified atom stereocenters. The molecule has 0 amide bonds. The summed E-state index contributed by atoms with van der Waals surface area (Å²) in [6.45, 7) is 5.41. The molecule has 1 aliphatic heterocycles. The zero-order valence-electron chi connectivity index (χ0n) is 33.8. The number of thioether (sulfide) groups is 2. The van der Waals surface area contributed by atoms with E-state index in [0.717, 1.165) is 91.0 Å². The SMILES string of the molecule is C=CCO[C@@]12Oc3ccc(OCCSc4ccccc4)cc3[C@H]3[C@H](CCCCO)[C@@H](CCCCO)C=C(C(=NOCc4ccc([N+](=O)[O-])cc4)C[C@@H]1SC1CCCC1)[C@H]32. The molecule has 3 aromatic rings. The second kappa shape index (κ2) is 21.1. The molecule has 3 aromatic carbocycles. The standard InChI is InChI=1S/C47H58N2O8S2/c1-2-26-55-47-44(59-38-15-6-7-16-38)31-42(48-56-32-33-18-20-35(21-19-33)49(52)53)40-29-34(12-8-10-24-50)39(17-9-11-25-51)45(46(40)47)41-30-36(22-23-43(41)57-47)54-27-28-58-37-13-4-3-5-14-37/h2-5,13-14,18-23,29-30,34,38-39,44-46,50-51H,1,6-12,15-17,24-28,31-32H2/t34-,39+,44-,45+,46+,47+/m0/s1. The second-order valence-electron chi connectivity index (χ2n) is 16.0. The molecule has 0 aromatic heterocycles. The number of aliphatic hydroxyl groups is 2. The van der Waals surface area contributed by atoms with Crippen LogP contribution in [0.25, 0.3) is 0 Å². The van der Waals surface area contributed by atoms with Gasteiger partial charge in [-0.1, -0.05) is 61.2 Å². The summed E-state index contributed by atoms with van der Waals surface area (Å²) in [6.07, 6.45) is 14.5. The lowest BCUT2D eigenvalue weighted by Crippen LogP contribution is -2.64. The summed E-state index contributed by atoms with van der Waals surface area (Å²) in [7, 11) is 0. The van der Waals surface area contributed by atoms with E-state index in [1.54, 1.807) is 23.9 Å². The number of aliphatic hydroxyl groups excluding tert-OH is 2. The normalized spacial score (nSPS) is 25.4. The Morgan fingerprint density at radius 1 is 0.983 bits per heavy atom. The number of allylic oxidation sites excluding steroid dienone is 1. The zero-order chi connectivity index (χ0) is 41.0. The van der Waals surface area contributed by atoms with Crippen molar-refractivity contribution in [2.24, 2.45) is 22.9 Å². The summed E-state index contributed by atoms with van der Waals surface area (Å²) < 4.78 is 20.9. The Morgan fingerprint density at radius 2 is 1.75 bits per heavy atom. The molecule has 0 bridgehead atoms. The van der Waals surface area contributed by atoms with E-state index in [1.807, 2.05) is 30.0 Å².